The van der Waals surface area contributed by atoms with Crippen molar-refractivity contribution >= 4 is 27.3 Å². The van der Waals surface area contributed by atoms with Gasteiger partial charge in [0, 0.05) is 11.4 Å². The van der Waals surface area contributed by atoms with Gasteiger partial charge < -0.3 is 5.32 Å². The number of thiophene rings is 1. The lowest BCUT2D eigenvalue weighted by molar-refractivity contribution is -0.126. The number of amides is 1. The summed E-state index contributed by atoms with van der Waals surface area (Å²) in [5.41, 5.74) is 0.107. The average Bonchev–Trinajstić information content (AvgIpc) is 3.05. The van der Waals surface area contributed by atoms with E-state index in [1.165, 1.54) is 54.5 Å². The highest BCUT2D eigenvalue weighted by atomic mass is 32.1. The van der Waals surface area contributed by atoms with E-state index in [2.05, 4.69) is 17.3 Å². The average molecular weight is 372 g/mol. The first-order valence-electron chi connectivity index (χ1n) is 9.75. The number of fused-ring (bicyclic) bond motifs is 1. The smallest absolute Gasteiger partial charge is 0.285 e. The molecule has 0 spiro atoms. The first-order chi connectivity index (χ1) is 12.5. The van der Waals surface area contributed by atoms with E-state index in [4.69, 9.17) is 0 Å². The molecule has 4 aliphatic carbocycles. The highest BCUT2D eigenvalue weighted by Gasteiger charge is 2.53. The second kappa shape index (κ2) is 5.91. The number of carbonyl (C=O) groups is 1. The minimum absolute atomic E-state index is 0.00335. The van der Waals surface area contributed by atoms with E-state index in [-0.39, 0.29) is 29.5 Å². The van der Waals surface area contributed by atoms with Crippen molar-refractivity contribution in [1.82, 2.24) is 15.1 Å². The molecule has 4 fully saturated rings. The number of rotatable bonds is 4. The van der Waals surface area contributed by atoms with Crippen LogP contribution in [-0.4, -0.2) is 21.7 Å². The second-order valence-corrected chi connectivity index (χ2v) is 9.80. The molecule has 5 nitrogen and oxygen atoms in total. The summed E-state index contributed by atoms with van der Waals surface area (Å²) in [6.45, 7) is 2.17. The van der Waals surface area contributed by atoms with Crippen LogP contribution in [0.2, 0.25) is 0 Å². The topological polar surface area (TPSA) is 64.0 Å². The molecule has 26 heavy (non-hydrogen) atoms. The third-order valence-electron chi connectivity index (χ3n) is 7.14. The molecule has 2 heterocycles. The Bertz CT molecular complexity index is 880. The molecule has 1 amide bonds. The Morgan fingerprint density at radius 2 is 1.96 bits per heavy atom. The van der Waals surface area contributed by atoms with Crippen molar-refractivity contribution in [2.45, 2.75) is 58.0 Å². The molecule has 6 heteroatoms. The highest BCUT2D eigenvalue weighted by molar-refractivity contribution is 7.17. The monoisotopic (exact) mass is 371 g/mol. The Balaban J connectivity index is 1.31. The van der Waals surface area contributed by atoms with Crippen molar-refractivity contribution in [3.8, 4) is 0 Å². The fraction of sp³-hybridized carbons (Fsp3) is 0.650. The Morgan fingerprint density at radius 1 is 1.31 bits per heavy atom. The number of nitrogens with zero attached hydrogens (tertiary/aromatic N) is 2. The van der Waals surface area contributed by atoms with E-state index in [9.17, 15) is 9.59 Å². The van der Waals surface area contributed by atoms with Gasteiger partial charge in [-0.15, -0.1) is 11.3 Å². The molecule has 2 aromatic heterocycles. The number of hydrogen-bond donors (Lipinski definition) is 1. The maximum absolute atomic E-state index is 12.6. The van der Waals surface area contributed by atoms with E-state index < -0.39 is 0 Å². The van der Waals surface area contributed by atoms with E-state index in [1.54, 1.807) is 6.20 Å². The molecule has 6 rings (SSSR count). The fourth-order valence-corrected chi connectivity index (χ4v) is 7.11. The SMILES string of the molecule is C[C@H](NC(=O)Cn1ncc2ccsc2c1=O)C12CC3CC(CC(C3)C1)C2. The van der Waals surface area contributed by atoms with Gasteiger partial charge in [-0.3, -0.25) is 9.59 Å². The highest BCUT2D eigenvalue weighted by Crippen LogP contribution is 2.61. The quantitative estimate of drug-likeness (QED) is 0.898. The first kappa shape index (κ1) is 16.5. The number of carbonyl (C=O) groups excluding carboxylic acids is 1. The summed E-state index contributed by atoms with van der Waals surface area (Å²) in [4.78, 5) is 25.1. The number of nitrogens with one attached hydrogen (secondary N) is 1. The molecule has 2 aromatic rings. The summed E-state index contributed by atoms with van der Waals surface area (Å²) in [6.07, 6.45) is 9.67. The largest absolute Gasteiger partial charge is 0.351 e. The summed E-state index contributed by atoms with van der Waals surface area (Å²) in [5, 5.41) is 10.1. The molecule has 1 N–H and O–H groups in total. The lowest BCUT2D eigenvalue weighted by atomic mass is 9.48. The van der Waals surface area contributed by atoms with Crippen LogP contribution in [0.25, 0.3) is 10.1 Å². The molecule has 0 saturated heterocycles. The van der Waals surface area contributed by atoms with E-state index in [1.807, 2.05) is 11.4 Å². The first-order valence-corrected chi connectivity index (χ1v) is 10.6. The van der Waals surface area contributed by atoms with Gasteiger partial charge in [0.05, 0.1) is 6.20 Å². The standard InChI is InChI=1S/C20H25N3O2S/c1-12(20-7-13-4-14(8-20)6-15(5-13)9-20)22-17(24)11-23-19(25)18-16(10-21-23)2-3-26-18/h2-3,10,12-15H,4-9,11H2,1H3,(H,22,24)/t12-,13?,14?,15?,20?/m0/s1. The van der Waals surface area contributed by atoms with Crippen molar-refractivity contribution in [3.05, 3.63) is 28.0 Å². The Kier molecular flexibility index (Phi) is 3.75. The molecular weight excluding hydrogens is 346 g/mol. The zero-order valence-electron chi connectivity index (χ0n) is 15.1. The summed E-state index contributed by atoms with van der Waals surface area (Å²) in [6, 6.07) is 2.05. The molecular formula is C20H25N3O2S. The zero-order chi connectivity index (χ0) is 17.9. The minimum Gasteiger partial charge on any atom is -0.351 e. The molecule has 4 aliphatic rings. The lowest BCUT2D eigenvalue weighted by Gasteiger charge is -2.59. The normalized spacial score (nSPS) is 33.5. The van der Waals surface area contributed by atoms with Crippen molar-refractivity contribution in [1.29, 1.82) is 0 Å². The van der Waals surface area contributed by atoms with Gasteiger partial charge in [0.1, 0.15) is 11.2 Å². The van der Waals surface area contributed by atoms with Gasteiger partial charge >= 0.3 is 0 Å². The Hall–Kier alpha value is -1.69. The van der Waals surface area contributed by atoms with E-state index in [0.29, 0.717) is 4.70 Å². The third kappa shape index (κ3) is 2.61. The van der Waals surface area contributed by atoms with E-state index in [0.717, 1.165) is 23.1 Å². The minimum atomic E-state index is -0.171. The predicted octanol–water partition coefficient (Wildman–Crippen LogP) is 3.18. The van der Waals surface area contributed by atoms with Crippen LogP contribution in [0.15, 0.2) is 22.4 Å². The summed E-state index contributed by atoms with van der Waals surface area (Å²) < 4.78 is 1.96. The van der Waals surface area contributed by atoms with Crippen LogP contribution in [0.1, 0.15) is 45.4 Å². The van der Waals surface area contributed by atoms with Crippen LogP contribution in [-0.2, 0) is 11.3 Å². The van der Waals surface area contributed by atoms with Crippen molar-refractivity contribution in [2.24, 2.45) is 23.2 Å². The van der Waals surface area contributed by atoms with Gasteiger partial charge in [0.2, 0.25) is 5.91 Å². The van der Waals surface area contributed by atoms with Gasteiger partial charge in [-0.05, 0) is 80.1 Å². The fourth-order valence-electron chi connectivity index (χ4n) is 6.29. The Morgan fingerprint density at radius 3 is 2.62 bits per heavy atom. The van der Waals surface area contributed by atoms with Crippen molar-refractivity contribution in [2.75, 3.05) is 0 Å². The third-order valence-corrected chi connectivity index (χ3v) is 8.05. The van der Waals surface area contributed by atoms with Crippen molar-refractivity contribution < 1.29 is 4.79 Å². The van der Waals surface area contributed by atoms with Crippen LogP contribution in [0, 0.1) is 23.2 Å². The van der Waals surface area contributed by atoms with Gasteiger partial charge in [-0.2, -0.15) is 5.10 Å². The van der Waals surface area contributed by atoms with E-state index >= 15 is 0 Å². The second-order valence-electron chi connectivity index (χ2n) is 8.88. The van der Waals surface area contributed by atoms with Gasteiger partial charge in [-0.25, -0.2) is 4.68 Å². The Labute approximate surface area is 156 Å². The van der Waals surface area contributed by atoms with Crippen LogP contribution in [0.5, 0.6) is 0 Å². The molecule has 4 bridgehead atoms. The van der Waals surface area contributed by atoms with Crippen LogP contribution in [0.4, 0.5) is 0 Å². The summed E-state index contributed by atoms with van der Waals surface area (Å²) in [5.74, 6) is 2.50. The molecule has 0 aromatic carbocycles. The lowest BCUT2D eigenvalue weighted by Crippen LogP contribution is -2.56. The molecule has 0 aliphatic heterocycles. The van der Waals surface area contributed by atoms with Gasteiger partial charge in [0.15, 0.2) is 0 Å². The van der Waals surface area contributed by atoms with Gasteiger partial charge in [-0.1, -0.05) is 0 Å². The van der Waals surface area contributed by atoms with Crippen LogP contribution < -0.4 is 10.9 Å². The predicted molar refractivity (Wildman–Crippen MR) is 102 cm³/mol. The summed E-state index contributed by atoms with van der Waals surface area (Å²) in [7, 11) is 0. The number of aromatic nitrogens is 2. The molecule has 0 unspecified atom stereocenters. The molecule has 1 atom stereocenters. The zero-order valence-corrected chi connectivity index (χ0v) is 15.9. The van der Waals surface area contributed by atoms with Crippen LogP contribution in [0.3, 0.4) is 0 Å². The van der Waals surface area contributed by atoms with Crippen LogP contribution >= 0.6 is 11.3 Å². The molecule has 138 valence electrons. The maximum Gasteiger partial charge on any atom is 0.285 e. The van der Waals surface area contributed by atoms with Crippen molar-refractivity contribution in [3.63, 3.8) is 0 Å². The maximum atomic E-state index is 12.6. The van der Waals surface area contributed by atoms with Gasteiger partial charge in [0.25, 0.3) is 5.56 Å². The molecule has 4 saturated carbocycles. The summed E-state index contributed by atoms with van der Waals surface area (Å²) >= 11 is 1.40. The molecule has 0 radical (unpaired) electrons. The number of hydrogen-bond acceptors (Lipinski definition) is 4.